The highest BCUT2D eigenvalue weighted by Crippen LogP contribution is 2.32. The molecule has 0 fully saturated rings. The number of fused-ring (bicyclic) bond motifs is 1. The summed E-state index contributed by atoms with van der Waals surface area (Å²) in [5.41, 5.74) is 8.52. The van der Waals surface area contributed by atoms with Gasteiger partial charge in [-0.2, -0.15) is 5.10 Å². The lowest BCUT2D eigenvalue weighted by atomic mass is 10.1. The second-order valence-electron chi connectivity index (χ2n) is 5.89. The van der Waals surface area contributed by atoms with Gasteiger partial charge in [0.25, 0.3) is 0 Å². The van der Waals surface area contributed by atoms with Crippen LogP contribution in [0.3, 0.4) is 0 Å². The largest absolute Gasteiger partial charge is 0.382 e. The first kappa shape index (κ1) is 11.5. The first-order valence-electron chi connectivity index (χ1n) is 5.91. The molecule has 1 aromatic rings. The van der Waals surface area contributed by atoms with Crippen LogP contribution in [-0.4, -0.2) is 20.7 Å². The van der Waals surface area contributed by atoms with Crippen molar-refractivity contribution < 1.29 is 0 Å². The molecule has 4 heteroatoms. The fraction of sp³-hybridized carbons (Fsp3) is 0.750. The summed E-state index contributed by atoms with van der Waals surface area (Å²) < 4.78 is 2.08. The first-order chi connectivity index (χ1) is 7.30. The monoisotopic (exact) mass is 222 g/mol. The van der Waals surface area contributed by atoms with Crippen LogP contribution in [0.15, 0.2) is 0 Å². The third-order valence-corrected chi connectivity index (χ3v) is 3.20. The Morgan fingerprint density at radius 3 is 2.38 bits per heavy atom. The topological polar surface area (TPSA) is 47.1 Å². The Morgan fingerprint density at radius 2 is 1.88 bits per heavy atom. The van der Waals surface area contributed by atoms with Crippen molar-refractivity contribution in [1.82, 2.24) is 14.7 Å². The van der Waals surface area contributed by atoms with E-state index in [9.17, 15) is 0 Å². The smallest absolute Gasteiger partial charge is 0.150 e. The molecular weight excluding hydrogens is 200 g/mol. The third kappa shape index (κ3) is 1.71. The lowest BCUT2D eigenvalue weighted by Crippen LogP contribution is -2.29. The van der Waals surface area contributed by atoms with E-state index in [1.807, 2.05) is 0 Å². The Hall–Kier alpha value is -1.03. The average molecular weight is 222 g/mol. The first-order valence-corrected chi connectivity index (χ1v) is 5.91. The number of hydrogen-bond donors (Lipinski definition) is 1. The Kier molecular flexibility index (Phi) is 2.49. The van der Waals surface area contributed by atoms with E-state index in [1.54, 1.807) is 0 Å². The van der Waals surface area contributed by atoms with Gasteiger partial charge in [-0.3, -0.25) is 9.58 Å². The molecule has 0 saturated heterocycles. The van der Waals surface area contributed by atoms with Crippen molar-refractivity contribution >= 4 is 5.82 Å². The minimum absolute atomic E-state index is 0.00862. The Labute approximate surface area is 97.4 Å². The number of nitrogens with two attached hydrogens (primary N) is 1. The van der Waals surface area contributed by atoms with Gasteiger partial charge in [-0.05, 0) is 34.6 Å². The molecule has 0 aromatic carbocycles. The van der Waals surface area contributed by atoms with E-state index in [1.165, 1.54) is 11.3 Å². The molecule has 90 valence electrons. The molecule has 0 spiro atoms. The molecular formula is C12H22N4. The normalized spacial score (nSPS) is 17.1. The lowest BCUT2D eigenvalue weighted by Gasteiger charge is -2.24. The van der Waals surface area contributed by atoms with Crippen molar-refractivity contribution in [3.63, 3.8) is 0 Å². The molecule has 2 heterocycles. The van der Waals surface area contributed by atoms with Crippen molar-refractivity contribution in [2.75, 3.05) is 5.73 Å². The van der Waals surface area contributed by atoms with Crippen LogP contribution in [0.4, 0.5) is 5.82 Å². The molecule has 0 radical (unpaired) electrons. The average Bonchev–Trinajstić information content (AvgIpc) is 2.65. The van der Waals surface area contributed by atoms with Gasteiger partial charge in [-0.1, -0.05) is 0 Å². The fourth-order valence-corrected chi connectivity index (χ4v) is 2.21. The van der Waals surface area contributed by atoms with Gasteiger partial charge in [0.1, 0.15) is 5.82 Å². The maximum Gasteiger partial charge on any atom is 0.150 e. The summed E-state index contributed by atoms with van der Waals surface area (Å²) in [4.78, 5) is 2.42. The predicted molar refractivity (Wildman–Crippen MR) is 66.0 cm³/mol. The fourth-order valence-electron chi connectivity index (χ4n) is 2.21. The van der Waals surface area contributed by atoms with Crippen LogP contribution in [0.1, 0.15) is 45.9 Å². The predicted octanol–water partition coefficient (Wildman–Crippen LogP) is 1.94. The molecule has 0 saturated carbocycles. The summed E-state index contributed by atoms with van der Waals surface area (Å²) in [6.07, 6.45) is 0. The second-order valence-corrected chi connectivity index (χ2v) is 5.89. The van der Waals surface area contributed by atoms with Crippen molar-refractivity contribution in [1.29, 1.82) is 0 Å². The van der Waals surface area contributed by atoms with Gasteiger partial charge in [0.15, 0.2) is 0 Å². The van der Waals surface area contributed by atoms with Gasteiger partial charge in [-0.15, -0.1) is 0 Å². The van der Waals surface area contributed by atoms with E-state index in [0.717, 1.165) is 13.1 Å². The molecule has 0 atom stereocenters. The summed E-state index contributed by atoms with van der Waals surface area (Å²) in [6, 6.07) is 0.556. The number of hydrogen-bond acceptors (Lipinski definition) is 3. The number of rotatable bonds is 1. The van der Waals surface area contributed by atoms with E-state index >= 15 is 0 Å². The van der Waals surface area contributed by atoms with Crippen LogP contribution in [0.5, 0.6) is 0 Å². The zero-order valence-electron chi connectivity index (χ0n) is 10.9. The maximum absolute atomic E-state index is 5.99. The Morgan fingerprint density at radius 1 is 1.25 bits per heavy atom. The van der Waals surface area contributed by atoms with E-state index in [-0.39, 0.29) is 5.54 Å². The Bertz CT molecular complexity index is 398. The third-order valence-electron chi connectivity index (χ3n) is 3.20. The van der Waals surface area contributed by atoms with Crippen LogP contribution < -0.4 is 5.73 Å². The van der Waals surface area contributed by atoms with E-state index in [4.69, 9.17) is 5.73 Å². The van der Waals surface area contributed by atoms with Crippen LogP contribution in [0, 0.1) is 0 Å². The molecule has 1 aliphatic rings. The van der Waals surface area contributed by atoms with Crippen molar-refractivity contribution in [2.24, 2.45) is 0 Å². The van der Waals surface area contributed by atoms with Crippen LogP contribution in [0.25, 0.3) is 0 Å². The SMILES string of the molecule is CC(C)N1Cc2c(N)nn(C(C)(C)C)c2C1. The van der Waals surface area contributed by atoms with Gasteiger partial charge >= 0.3 is 0 Å². The summed E-state index contributed by atoms with van der Waals surface area (Å²) in [6.45, 7) is 12.8. The van der Waals surface area contributed by atoms with Crippen molar-refractivity contribution in [2.45, 2.75) is 59.3 Å². The van der Waals surface area contributed by atoms with Gasteiger partial charge in [0.05, 0.1) is 11.2 Å². The molecule has 4 nitrogen and oxygen atoms in total. The van der Waals surface area contributed by atoms with Gasteiger partial charge in [0, 0.05) is 24.7 Å². The quantitative estimate of drug-likeness (QED) is 0.790. The van der Waals surface area contributed by atoms with Crippen LogP contribution >= 0.6 is 0 Å². The molecule has 2 N–H and O–H groups in total. The molecule has 1 aromatic heterocycles. The summed E-state index contributed by atoms with van der Waals surface area (Å²) >= 11 is 0. The van der Waals surface area contributed by atoms with Crippen LogP contribution in [-0.2, 0) is 18.6 Å². The molecule has 0 bridgehead atoms. The zero-order valence-corrected chi connectivity index (χ0v) is 10.9. The van der Waals surface area contributed by atoms with E-state index < -0.39 is 0 Å². The summed E-state index contributed by atoms with van der Waals surface area (Å²) in [7, 11) is 0. The van der Waals surface area contributed by atoms with Gasteiger partial charge < -0.3 is 5.73 Å². The highest BCUT2D eigenvalue weighted by molar-refractivity contribution is 5.45. The molecule has 0 amide bonds. The van der Waals surface area contributed by atoms with Crippen molar-refractivity contribution in [3.8, 4) is 0 Å². The molecule has 2 rings (SSSR count). The zero-order chi connectivity index (χ0) is 12.1. The molecule has 1 aliphatic heterocycles. The van der Waals surface area contributed by atoms with Gasteiger partial charge in [0.2, 0.25) is 0 Å². The highest BCUT2D eigenvalue weighted by Gasteiger charge is 2.31. The Balaban J connectivity index is 2.39. The number of aromatic nitrogens is 2. The summed E-state index contributed by atoms with van der Waals surface area (Å²) in [5.74, 6) is 0.702. The molecule has 0 unspecified atom stereocenters. The molecule has 0 aliphatic carbocycles. The van der Waals surface area contributed by atoms with Crippen molar-refractivity contribution in [3.05, 3.63) is 11.3 Å². The maximum atomic E-state index is 5.99. The minimum atomic E-state index is 0.00862. The molecule has 16 heavy (non-hydrogen) atoms. The second kappa shape index (κ2) is 3.48. The van der Waals surface area contributed by atoms with E-state index in [0.29, 0.717) is 11.9 Å². The van der Waals surface area contributed by atoms with Crippen LogP contribution in [0.2, 0.25) is 0 Å². The lowest BCUT2D eigenvalue weighted by molar-refractivity contribution is 0.216. The number of anilines is 1. The van der Waals surface area contributed by atoms with Gasteiger partial charge in [-0.25, -0.2) is 0 Å². The standard InChI is InChI=1S/C12H22N4/c1-8(2)15-6-9-10(7-15)16(12(3,4)5)14-11(9)13/h8H,6-7H2,1-5H3,(H2,13,14). The number of nitrogen functional groups attached to an aromatic ring is 1. The minimum Gasteiger partial charge on any atom is -0.382 e. The highest BCUT2D eigenvalue weighted by atomic mass is 15.4. The number of nitrogens with zero attached hydrogens (tertiary/aromatic N) is 3. The summed E-state index contributed by atoms with van der Waals surface area (Å²) in [5, 5.41) is 4.47. The van der Waals surface area contributed by atoms with E-state index in [2.05, 4.69) is 49.3 Å².